The molecule has 0 bridgehead atoms. The molecule has 1 aliphatic rings. The molecule has 0 atom stereocenters. The van der Waals surface area contributed by atoms with Crippen molar-refractivity contribution in [1.29, 1.82) is 0 Å². The van der Waals surface area contributed by atoms with Gasteiger partial charge in [-0.15, -0.1) is 0 Å². The Morgan fingerprint density at radius 2 is 1.83 bits per heavy atom. The van der Waals surface area contributed by atoms with E-state index in [9.17, 15) is 4.79 Å². The van der Waals surface area contributed by atoms with E-state index in [0.29, 0.717) is 17.2 Å². The zero-order chi connectivity index (χ0) is 12.8. The Balaban J connectivity index is 1.83. The number of rotatable bonds is 4. The van der Waals surface area contributed by atoms with Crippen LogP contribution in [0.25, 0.3) is 0 Å². The van der Waals surface area contributed by atoms with Crippen molar-refractivity contribution in [2.24, 2.45) is 5.92 Å². The van der Waals surface area contributed by atoms with Crippen molar-refractivity contribution in [3.63, 3.8) is 0 Å². The molecular formula is C16H20O2. The Bertz CT molecular complexity index is 402. The summed E-state index contributed by atoms with van der Waals surface area (Å²) in [7, 11) is 0. The molecule has 1 aromatic carbocycles. The first kappa shape index (κ1) is 12.9. The van der Waals surface area contributed by atoms with Gasteiger partial charge in [0.1, 0.15) is 5.75 Å². The number of para-hydroxylation sites is 1. The average Bonchev–Trinajstić information content (AvgIpc) is 2.41. The van der Waals surface area contributed by atoms with E-state index in [2.05, 4.69) is 6.58 Å². The van der Waals surface area contributed by atoms with Crippen LogP contribution in [0, 0.1) is 5.92 Å². The first-order chi connectivity index (χ1) is 8.75. The molecule has 0 N–H and O–H groups in total. The van der Waals surface area contributed by atoms with Crippen molar-refractivity contribution in [2.75, 3.05) is 0 Å². The predicted molar refractivity (Wildman–Crippen MR) is 72.4 cm³/mol. The summed E-state index contributed by atoms with van der Waals surface area (Å²) in [6.45, 7) is 3.87. The van der Waals surface area contributed by atoms with Gasteiger partial charge >= 0.3 is 5.97 Å². The second kappa shape index (κ2) is 6.39. The molecule has 0 aromatic heterocycles. The van der Waals surface area contributed by atoms with Gasteiger partial charge in [0.05, 0.1) is 0 Å². The second-order valence-electron chi connectivity index (χ2n) is 5.01. The van der Waals surface area contributed by atoms with Crippen molar-refractivity contribution in [3.8, 4) is 5.75 Å². The van der Waals surface area contributed by atoms with Crippen LogP contribution in [0.15, 0.2) is 42.5 Å². The number of carbonyl (C=O) groups excluding carboxylic acids is 1. The highest BCUT2D eigenvalue weighted by Crippen LogP contribution is 2.28. The maximum atomic E-state index is 11.9. The molecule has 1 fully saturated rings. The third-order valence-corrected chi connectivity index (χ3v) is 3.50. The lowest BCUT2D eigenvalue weighted by Gasteiger charge is -2.21. The quantitative estimate of drug-likeness (QED) is 0.452. The normalized spacial score (nSPS) is 16.2. The van der Waals surface area contributed by atoms with E-state index in [-0.39, 0.29) is 5.97 Å². The molecule has 0 amide bonds. The maximum Gasteiger partial charge on any atom is 0.338 e. The van der Waals surface area contributed by atoms with E-state index in [1.807, 2.05) is 18.2 Å². The summed E-state index contributed by atoms with van der Waals surface area (Å²) in [5.74, 6) is 0.925. The number of hydrogen-bond acceptors (Lipinski definition) is 2. The highest BCUT2D eigenvalue weighted by molar-refractivity contribution is 5.89. The van der Waals surface area contributed by atoms with Crippen molar-refractivity contribution in [3.05, 3.63) is 42.5 Å². The third kappa shape index (κ3) is 3.73. The highest BCUT2D eigenvalue weighted by atomic mass is 16.5. The topological polar surface area (TPSA) is 26.3 Å². The minimum absolute atomic E-state index is 0.285. The number of carbonyl (C=O) groups is 1. The maximum absolute atomic E-state index is 11.9. The largest absolute Gasteiger partial charge is 0.423 e. The van der Waals surface area contributed by atoms with Crippen LogP contribution in [0.2, 0.25) is 0 Å². The van der Waals surface area contributed by atoms with Crippen LogP contribution in [-0.4, -0.2) is 5.97 Å². The number of ether oxygens (including phenoxy) is 1. The molecule has 2 heteroatoms. The van der Waals surface area contributed by atoms with Gasteiger partial charge in [0.25, 0.3) is 0 Å². The molecular weight excluding hydrogens is 224 g/mol. The van der Waals surface area contributed by atoms with E-state index in [1.165, 1.54) is 32.1 Å². The van der Waals surface area contributed by atoms with Crippen LogP contribution in [0.5, 0.6) is 5.75 Å². The average molecular weight is 244 g/mol. The third-order valence-electron chi connectivity index (χ3n) is 3.50. The van der Waals surface area contributed by atoms with Crippen LogP contribution < -0.4 is 4.74 Å². The van der Waals surface area contributed by atoms with E-state index < -0.39 is 0 Å². The van der Waals surface area contributed by atoms with Gasteiger partial charge in [0.2, 0.25) is 0 Å². The Morgan fingerprint density at radius 3 is 2.50 bits per heavy atom. The number of benzene rings is 1. The summed E-state index contributed by atoms with van der Waals surface area (Å²) >= 11 is 0. The lowest BCUT2D eigenvalue weighted by atomic mass is 9.85. The van der Waals surface area contributed by atoms with Gasteiger partial charge in [-0.3, -0.25) is 0 Å². The van der Waals surface area contributed by atoms with E-state index >= 15 is 0 Å². The van der Waals surface area contributed by atoms with Gasteiger partial charge in [0, 0.05) is 5.57 Å². The summed E-state index contributed by atoms with van der Waals surface area (Å²) in [6, 6.07) is 9.17. The zero-order valence-electron chi connectivity index (χ0n) is 10.7. The van der Waals surface area contributed by atoms with Gasteiger partial charge in [-0.2, -0.15) is 0 Å². The zero-order valence-corrected chi connectivity index (χ0v) is 10.7. The molecule has 18 heavy (non-hydrogen) atoms. The standard InChI is InChI=1S/C16H20O2/c1-13(12-14-8-4-2-5-9-14)16(17)18-15-10-6-3-7-11-15/h3,6-7,10-11,14H,1-2,4-5,8-9,12H2. The fraction of sp³-hybridized carbons (Fsp3) is 0.438. The molecule has 96 valence electrons. The van der Waals surface area contributed by atoms with Crippen molar-refractivity contribution >= 4 is 5.97 Å². The molecule has 1 aliphatic carbocycles. The fourth-order valence-electron chi connectivity index (χ4n) is 2.49. The summed E-state index contributed by atoms with van der Waals surface area (Å²) in [5.41, 5.74) is 0.603. The van der Waals surface area contributed by atoms with E-state index in [0.717, 1.165) is 6.42 Å². The van der Waals surface area contributed by atoms with Gasteiger partial charge < -0.3 is 4.74 Å². The minimum Gasteiger partial charge on any atom is -0.423 e. The summed E-state index contributed by atoms with van der Waals surface area (Å²) in [4.78, 5) is 11.9. The van der Waals surface area contributed by atoms with Gasteiger partial charge in [-0.05, 0) is 24.5 Å². The smallest absolute Gasteiger partial charge is 0.338 e. The molecule has 2 nitrogen and oxygen atoms in total. The van der Waals surface area contributed by atoms with Crippen LogP contribution >= 0.6 is 0 Å². The summed E-state index contributed by atoms with van der Waals surface area (Å²) in [6.07, 6.45) is 7.12. The first-order valence-corrected chi connectivity index (χ1v) is 6.70. The van der Waals surface area contributed by atoms with Gasteiger partial charge in [-0.1, -0.05) is 56.9 Å². The predicted octanol–water partition coefficient (Wildman–Crippen LogP) is 4.12. The monoisotopic (exact) mass is 244 g/mol. The highest BCUT2D eigenvalue weighted by Gasteiger charge is 2.18. The number of esters is 1. The fourth-order valence-corrected chi connectivity index (χ4v) is 2.49. The summed E-state index contributed by atoms with van der Waals surface area (Å²) in [5, 5.41) is 0. The lowest BCUT2D eigenvalue weighted by Crippen LogP contribution is -2.15. The SMILES string of the molecule is C=C(CC1CCCCC1)C(=O)Oc1ccccc1. The first-order valence-electron chi connectivity index (χ1n) is 6.70. The Hall–Kier alpha value is -1.57. The molecule has 0 saturated heterocycles. The lowest BCUT2D eigenvalue weighted by molar-refractivity contribution is -0.130. The van der Waals surface area contributed by atoms with Crippen LogP contribution in [-0.2, 0) is 4.79 Å². The Morgan fingerprint density at radius 1 is 1.17 bits per heavy atom. The minimum atomic E-state index is -0.285. The molecule has 0 aliphatic heterocycles. The second-order valence-corrected chi connectivity index (χ2v) is 5.01. The Kier molecular flexibility index (Phi) is 4.57. The molecule has 2 rings (SSSR count). The molecule has 0 unspecified atom stereocenters. The van der Waals surface area contributed by atoms with Crippen molar-refractivity contribution < 1.29 is 9.53 Å². The van der Waals surface area contributed by atoms with Crippen molar-refractivity contribution in [1.82, 2.24) is 0 Å². The van der Waals surface area contributed by atoms with Gasteiger partial charge in [-0.25, -0.2) is 4.79 Å². The molecule has 1 aromatic rings. The molecule has 0 spiro atoms. The van der Waals surface area contributed by atoms with Crippen LogP contribution in [0.4, 0.5) is 0 Å². The number of hydrogen-bond donors (Lipinski definition) is 0. The van der Waals surface area contributed by atoms with Crippen LogP contribution in [0.3, 0.4) is 0 Å². The summed E-state index contributed by atoms with van der Waals surface area (Å²) < 4.78 is 5.28. The van der Waals surface area contributed by atoms with E-state index in [4.69, 9.17) is 4.74 Å². The molecule has 0 radical (unpaired) electrons. The molecule has 0 heterocycles. The van der Waals surface area contributed by atoms with E-state index in [1.54, 1.807) is 12.1 Å². The van der Waals surface area contributed by atoms with Crippen molar-refractivity contribution in [2.45, 2.75) is 38.5 Å². The van der Waals surface area contributed by atoms with Gasteiger partial charge in [0.15, 0.2) is 0 Å². The Labute approximate surface area is 109 Å². The van der Waals surface area contributed by atoms with Crippen LogP contribution in [0.1, 0.15) is 38.5 Å². The molecule has 1 saturated carbocycles.